The summed E-state index contributed by atoms with van der Waals surface area (Å²) in [6.07, 6.45) is 4.98. The fourth-order valence-corrected chi connectivity index (χ4v) is 3.76. The maximum Gasteiger partial charge on any atom is 0.253 e. The van der Waals surface area contributed by atoms with Gasteiger partial charge in [-0.15, -0.1) is 0 Å². The van der Waals surface area contributed by atoms with Crippen molar-refractivity contribution in [2.45, 2.75) is 25.9 Å². The van der Waals surface area contributed by atoms with E-state index < -0.39 is 0 Å². The molecule has 7 nitrogen and oxygen atoms in total. The molecule has 0 radical (unpaired) electrons. The molecule has 1 heterocycles. The van der Waals surface area contributed by atoms with Gasteiger partial charge >= 0.3 is 0 Å². The van der Waals surface area contributed by atoms with E-state index in [0.29, 0.717) is 24.3 Å². The Morgan fingerprint density at radius 1 is 0.969 bits per heavy atom. The summed E-state index contributed by atoms with van der Waals surface area (Å²) in [5.74, 6) is -0.189. The number of anilines is 1. The van der Waals surface area contributed by atoms with Gasteiger partial charge in [-0.25, -0.2) is 9.67 Å². The maximum absolute atomic E-state index is 13.2. The molecular formula is C25H23N5O2. The van der Waals surface area contributed by atoms with Crippen LogP contribution in [0, 0.1) is 5.92 Å². The van der Waals surface area contributed by atoms with Crippen molar-refractivity contribution in [2.24, 2.45) is 5.92 Å². The van der Waals surface area contributed by atoms with Gasteiger partial charge < -0.3 is 10.6 Å². The van der Waals surface area contributed by atoms with Crippen molar-refractivity contribution in [1.82, 2.24) is 20.1 Å². The number of aromatic nitrogens is 3. The number of fused-ring (bicyclic) bond motifs is 1. The van der Waals surface area contributed by atoms with Crippen molar-refractivity contribution in [3.8, 4) is 0 Å². The van der Waals surface area contributed by atoms with E-state index in [0.717, 1.165) is 34.7 Å². The quantitative estimate of drug-likeness (QED) is 0.472. The van der Waals surface area contributed by atoms with Gasteiger partial charge in [0.1, 0.15) is 12.7 Å². The lowest BCUT2D eigenvalue weighted by Crippen LogP contribution is -2.26. The van der Waals surface area contributed by atoms with Crippen molar-refractivity contribution in [2.75, 3.05) is 5.32 Å². The van der Waals surface area contributed by atoms with Gasteiger partial charge in [-0.05, 0) is 46.9 Å². The first kappa shape index (κ1) is 19.9. The summed E-state index contributed by atoms with van der Waals surface area (Å²) in [5.41, 5.74) is 3.07. The molecule has 0 bridgehead atoms. The fraction of sp³-hybridized carbons (Fsp3) is 0.200. The average Bonchev–Trinajstić information content (AvgIpc) is 3.55. The summed E-state index contributed by atoms with van der Waals surface area (Å²) in [6.45, 7) is 0.942. The predicted octanol–water partition coefficient (Wildman–Crippen LogP) is 3.76. The van der Waals surface area contributed by atoms with Crippen LogP contribution < -0.4 is 10.6 Å². The van der Waals surface area contributed by atoms with Crippen LogP contribution in [0.1, 0.15) is 34.3 Å². The van der Waals surface area contributed by atoms with Crippen LogP contribution in [0.2, 0.25) is 0 Å². The molecule has 0 saturated heterocycles. The van der Waals surface area contributed by atoms with Crippen molar-refractivity contribution < 1.29 is 9.59 Å². The van der Waals surface area contributed by atoms with Crippen LogP contribution in [-0.4, -0.2) is 26.6 Å². The lowest BCUT2D eigenvalue weighted by Gasteiger charge is -2.14. The van der Waals surface area contributed by atoms with E-state index in [1.54, 1.807) is 11.0 Å². The summed E-state index contributed by atoms with van der Waals surface area (Å²) in [6, 6.07) is 19.5. The van der Waals surface area contributed by atoms with Crippen molar-refractivity contribution in [1.29, 1.82) is 0 Å². The van der Waals surface area contributed by atoms with E-state index in [4.69, 9.17) is 0 Å². The number of hydrogen-bond acceptors (Lipinski definition) is 4. The van der Waals surface area contributed by atoms with Gasteiger partial charge in [0, 0.05) is 12.5 Å². The van der Waals surface area contributed by atoms with Gasteiger partial charge in [-0.3, -0.25) is 9.59 Å². The number of carbonyl (C=O) groups excluding carboxylic acids is 2. The van der Waals surface area contributed by atoms with Crippen molar-refractivity contribution >= 4 is 28.3 Å². The molecule has 0 aliphatic heterocycles. The van der Waals surface area contributed by atoms with E-state index in [2.05, 4.69) is 20.7 Å². The number of hydrogen-bond donors (Lipinski definition) is 2. The van der Waals surface area contributed by atoms with Crippen molar-refractivity contribution in [3.05, 3.63) is 90.0 Å². The third-order valence-electron chi connectivity index (χ3n) is 5.69. The minimum atomic E-state index is -0.225. The number of nitrogens with one attached hydrogen (secondary N) is 2. The first-order chi connectivity index (χ1) is 15.7. The van der Waals surface area contributed by atoms with Gasteiger partial charge in [0.25, 0.3) is 5.91 Å². The average molecular weight is 425 g/mol. The molecule has 160 valence electrons. The smallest absolute Gasteiger partial charge is 0.253 e. The second-order valence-electron chi connectivity index (χ2n) is 8.05. The number of rotatable bonds is 7. The maximum atomic E-state index is 13.2. The molecule has 0 spiro atoms. The van der Waals surface area contributed by atoms with E-state index in [-0.39, 0.29) is 17.7 Å². The Hall–Kier alpha value is -4.00. The molecule has 32 heavy (non-hydrogen) atoms. The zero-order valence-electron chi connectivity index (χ0n) is 17.5. The second-order valence-corrected chi connectivity index (χ2v) is 8.05. The van der Waals surface area contributed by atoms with Crippen LogP contribution in [0.4, 0.5) is 5.69 Å². The Kier molecular flexibility index (Phi) is 5.37. The number of nitrogens with zero attached hydrogens (tertiary/aromatic N) is 3. The molecule has 1 aliphatic carbocycles. The predicted molar refractivity (Wildman–Crippen MR) is 122 cm³/mol. The zero-order chi connectivity index (χ0) is 21.9. The molecule has 7 heteroatoms. The first-order valence-electron chi connectivity index (χ1n) is 10.7. The Labute approximate surface area is 185 Å². The lowest BCUT2D eigenvalue weighted by atomic mass is 10.0. The molecule has 1 fully saturated rings. The fourth-order valence-electron chi connectivity index (χ4n) is 3.76. The van der Waals surface area contributed by atoms with Crippen LogP contribution in [0.25, 0.3) is 10.8 Å². The summed E-state index contributed by atoms with van der Waals surface area (Å²) in [7, 11) is 0. The molecule has 1 aromatic heterocycles. The highest BCUT2D eigenvalue weighted by Crippen LogP contribution is 2.32. The van der Waals surface area contributed by atoms with Crippen LogP contribution in [0.15, 0.2) is 73.3 Å². The SMILES string of the molecule is O=C(NCc1ccccc1Cn1cncn1)c1cc2ccccc2cc1NC(=O)C1CC1. The van der Waals surface area contributed by atoms with Gasteiger partial charge in [-0.1, -0.05) is 48.5 Å². The van der Waals surface area contributed by atoms with E-state index in [1.165, 1.54) is 6.33 Å². The molecule has 4 aromatic rings. The molecule has 3 aromatic carbocycles. The normalized spacial score (nSPS) is 13.1. The number of benzene rings is 3. The summed E-state index contributed by atoms with van der Waals surface area (Å²) in [5, 5.41) is 12.1. The zero-order valence-corrected chi connectivity index (χ0v) is 17.5. The van der Waals surface area contributed by atoms with Crippen LogP contribution in [0.5, 0.6) is 0 Å². The Morgan fingerprint density at radius 3 is 2.41 bits per heavy atom. The lowest BCUT2D eigenvalue weighted by molar-refractivity contribution is -0.117. The van der Waals surface area contributed by atoms with Crippen LogP contribution in [-0.2, 0) is 17.9 Å². The molecule has 1 aliphatic rings. The minimum absolute atomic E-state index is 0.0208. The van der Waals surface area contributed by atoms with Gasteiger partial charge in [0.2, 0.25) is 5.91 Å². The van der Waals surface area contributed by atoms with Gasteiger partial charge in [0.15, 0.2) is 0 Å². The largest absolute Gasteiger partial charge is 0.348 e. The Bertz CT molecular complexity index is 1280. The Morgan fingerprint density at radius 2 is 1.69 bits per heavy atom. The third kappa shape index (κ3) is 4.37. The van der Waals surface area contributed by atoms with Crippen LogP contribution in [0.3, 0.4) is 0 Å². The van der Waals surface area contributed by atoms with E-state index in [9.17, 15) is 9.59 Å². The molecule has 5 rings (SSSR count). The van der Waals surface area contributed by atoms with Gasteiger partial charge in [0.05, 0.1) is 17.8 Å². The second kappa shape index (κ2) is 8.63. The molecule has 0 atom stereocenters. The van der Waals surface area contributed by atoms with Crippen molar-refractivity contribution in [3.63, 3.8) is 0 Å². The molecule has 2 amide bonds. The molecule has 1 saturated carbocycles. The molecule has 2 N–H and O–H groups in total. The third-order valence-corrected chi connectivity index (χ3v) is 5.69. The molecule has 0 unspecified atom stereocenters. The first-order valence-corrected chi connectivity index (χ1v) is 10.7. The highest BCUT2D eigenvalue weighted by molar-refractivity contribution is 6.08. The van der Waals surface area contributed by atoms with Gasteiger partial charge in [-0.2, -0.15) is 5.10 Å². The highest BCUT2D eigenvalue weighted by atomic mass is 16.2. The van der Waals surface area contributed by atoms with E-state index in [1.807, 2.05) is 60.7 Å². The summed E-state index contributed by atoms with van der Waals surface area (Å²) >= 11 is 0. The summed E-state index contributed by atoms with van der Waals surface area (Å²) in [4.78, 5) is 29.6. The summed E-state index contributed by atoms with van der Waals surface area (Å²) < 4.78 is 1.75. The molecular weight excluding hydrogens is 402 g/mol. The minimum Gasteiger partial charge on any atom is -0.348 e. The highest BCUT2D eigenvalue weighted by Gasteiger charge is 2.30. The number of amides is 2. The Balaban J connectivity index is 1.38. The standard InChI is InChI=1S/C25H23N5O2/c31-24(17-9-10-17)29-23-12-19-6-2-1-5-18(19)11-22(23)25(32)27-13-20-7-3-4-8-21(20)14-30-16-26-15-28-30/h1-8,11-12,15-17H,9-10,13-14H2,(H,27,32)(H,29,31). The van der Waals surface area contributed by atoms with Crippen LogP contribution >= 0.6 is 0 Å². The number of carbonyl (C=O) groups is 2. The monoisotopic (exact) mass is 425 g/mol. The van der Waals surface area contributed by atoms with E-state index >= 15 is 0 Å². The topological polar surface area (TPSA) is 88.9 Å².